The summed E-state index contributed by atoms with van der Waals surface area (Å²) in [5, 5.41) is 22.8. The number of anilines is 8. The molecule has 4 aliphatic heterocycles. The monoisotopic (exact) mass is 2140 g/mol. The Labute approximate surface area is 845 Å². The lowest BCUT2D eigenvalue weighted by Gasteiger charge is -2.20. The Hall–Kier alpha value is -12.4. The third-order valence-electron chi connectivity index (χ3n) is 23.2. The number of nitrogens with one attached hydrogen (secondary N) is 8. The minimum atomic E-state index is -4.65. The molecule has 4 fully saturated rings. The molecule has 5 aromatic heterocycles. The van der Waals surface area contributed by atoms with Gasteiger partial charge in [0.1, 0.15) is 65.7 Å². The summed E-state index contributed by atoms with van der Waals surface area (Å²) in [6.07, 6.45) is 4.60. The van der Waals surface area contributed by atoms with Crippen LogP contribution in [0.4, 0.5) is 65.2 Å². The molecule has 144 heavy (non-hydrogen) atoms. The highest BCUT2D eigenvalue weighted by molar-refractivity contribution is 7.93. The summed E-state index contributed by atoms with van der Waals surface area (Å²) in [4.78, 5) is 73.4. The average Bonchev–Trinajstić information content (AvgIpc) is 1.45. The molecule has 0 unspecified atom stereocenters. The number of halogens is 5. The second kappa shape index (κ2) is 49.0. The van der Waals surface area contributed by atoms with Gasteiger partial charge in [-0.1, -0.05) is 63.5 Å². The van der Waals surface area contributed by atoms with Crippen molar-refractivity contribution in [3.05, 3.63) is 204 Å². The molecule has 12 aromatic rings. The molecule has 47 heteroatoms. The van der Waals surface area contributed by atoms with Gasteiger partial charge in [-0.25, -0.2) is 67.4 Å². The number of carbonyl (C=O) groups excluding carboxylic acids is 4. The van der Waals surface area contributed by atoms with Gasteiger partial charge in [0.2, 0.25) is 23.6 Å². The molecule has 768 valence electrons. The number of rotatable bonds is 32. The highest BCUT2D eigenvalue weighted by atomic mass is 32.2. The number of alkyl halides is 3. The van der Waals surface area contributed by atoms with Crippen LogP contribution in [0.1, 0.15) is 111 Å². The van der Waals surface area contributed by atoms with Gasteiger partial charge in [0.25, 0.3) is 40.1 Å². The van der Waals surface area contributed by atoms with Crippen molar-refractivity contribution in [3.63, 3.8) is 0 Å². The maximum absolute atomic E-state index is 14.1. The molecule has 7 aromatic carbocycles. The van der Waals surface area contributed by atoms with Crippen molar-refractivity contribution < 1.29 is 118 Å². The number of sulfonamides is 4. The predicted octanol–water partition coefficient (Wildman–Crippen LogP) is 19.4. The lowest BCUT2D eigenvalue weighted by atomic mass is 9.96. The van der Waals surface area contributed by atoms with E-state index in [2.05, 4.69) is 65.1 Å². The Morgan fingerprint density at radius 1 is 0.382 bits per heavy atom. The second-order valence-corrected chi connectivity index (χ2v) is 44.4. The van der Waals surface area contributed by atoms with Crippen LogP contribution >= 0.6 is 45.3 Å². The highest BCUT2D eigenvalue weighted by Gasteiger charge is 2.35. The van der Waals surface area contributed by atoms with Gasteiger partial charge in [0.05, 0.1) is 99.7 Å². The molecule has 16 rings (SSSR count). The number of phenolic OH excluding ortho intramolecular Hbond substituents is 1. The van der Waals surface area contributed by atoms with Crippen LogP contribution < -0.4 is 59.1 Å². The molecule has 4 aliphatic rings. The lowest BCUT2D eigenvalue weighted by molar-refractivity contribution is -0.141. The maximum Gasteiger partial charge on any atom is 0.433 e. The number of carbonyl (C=O) groups is 4. The van der Waals surface area contributed by atoms with Crippen molar-refractivity contribution in [1.82, 2.24) is 24.9 Å². The van der Waals surface area contributed by atoms with E-state index in [0.29, 0.717) is 189 Å². The van der Waals surface area contributed by atoms with E-state index in [1.807, 2.05) is 6.92 Å². The Kier molecular flexibility index (Phi) is 37.0. The minimum absolute atomic E-state index is 0.0344. The van der Waals surface area contributed by atoms with Gasteiger partial charge >= 0.3 is 6.18 Å². The number of benzene rings is 7. The summed E-state index contributed by atoms with van der Waals surface area (Å²) >= 11 is 5.02. The van der Waals surface area contributed by atoms with Crippen molar-refractivity contribution >= 4 is 152 Å². The number of amides is 4. The topological polar surface area (TPSA) is 460 Å². The normalized spacial score (nSPS) is 14.5. The zero-order valence-electron chi connectivity index (χ0n) is 79.5. The van der Waals surface area contributed by atoms with Crippen LogP contribution in [0.2, 0.25) is 0 Å². The van der Waals surface area contributed by atoms with Gasteiger partial charge in [0.15, 0.2) is 20.5 Å². The number of thiazole rings is 4. The van der Waals surface area contributed by atoms with Crippen molar-refractivity contribution in [2.24, 2.45) is 23.7 Å². The predicted molar refractivity (Wildman–Crippen MR) is 541 cm³/mol. The standard InChI is InChI=1S/C25H29N3O6S2.C24H25F3N4O5S2.2C24H26FN3O5S2/c1-15-12-19(29)5-6-20(15)28-36(31,32)22-14-18(4-7-21(22)33-3)24-16(2)26-25(35-24)27-23(30)13-17-8-10-34-11-9-17;1-14-22(37-23(29-14)30-21(32)11-15-7-9-36-10-8-15)16-3-5-18(35-2)19(12-16)38(33,34)31-17-4-6-20(28-13-17)24(25,26)27;1-15-23(34-24(26-15)27-22(29)12-16-8-10-33-11-9-16)17-6-7-20(32-2)21(13-17)35(30,31)28-19-5-3-4-18(25)14-19;1-15-23(34-24(26-15)27-22(29)13-16-9-11-33-12-10-16)17-7-8-20(32-2)21(14-17)35(30,31)28-19-6-4-3-5-18(19)25/h4-7,12,14,17,28-29H,8-11,13H2,1-3H3,(H,26,27,30);3-6,12-13,15,31H,7-11H2,1-2H3,(H,29,30,32);3-7,13-14,16,28H,8-12H2,1-2H3,(H,26,27,29);3-8,14,16,28H,9-13H2,1-2H3,(H,26,27,29). The summed E-state index contributed by atoms with van der Waals surface area (Å²) in [5.74, 6) is -0.0154. The molecule has 0 radical (unpaired) electrons. The number of nitrogens with zero attached hydrogens (tertiary/aromatic N) is 5. The van der Waals surface area contributed by atoms with Gasteiger partial charge in [0, 0.05) is 78.5 Å². The summed E-state index contributed by atoms with van der Waals surface area (Å²) < 4.78 is 223. The number of hydrogen-bond donors (Lipinski definition) is 9. The van der Waals surface area contributed by atoms with E-state index in [4.69, 9.17) is 37.9 Å². The van der Waals surface area contributed by atoms with Gasteiger partial charge in [-0.05, 0) is 271 Å². The van der Waals surface area contributed by atoms with Gasteiger partial charge < -0.3 is 64.3 Å². The fourth-order valence-corrected chi connectivity index (χ4v) is 24.8. The van der Waals surface area contributed by atoms with Crippen molar-refractivity contribution in [1.29, 1.82) is 0 Å². The van der Waals surface area contributed by atoms with Crippen molar-refractivity contribution in [2.45, 2.75) is 137 Å². The molecule has 34 nitrogen and oxygen atoms in total. The summed E-state index contributed by atoms with van der Waals surface area (Å²) in [5.41, 5.74) is 4.48. The maximum atomic E-state index is 14.1. The van der Waals surface area contributed by atoms with E-state index < -0.39 is 63.6 Å². The van der Waals surface area contributed by atoms with E-state index >= 15 is 0 Å². The van der Waals surface area contributed by atoms with Gasteiger partial charge in [-0.3, -0.25) is 38.1 Å². The quantitative estimate of drug-likeness (QED) is 0.0140. The first-order valence-corrected chi connectivity index (χ1v) is 54.4. The number of methoxy groups -OCH3 is 4. The average molecular weight is 2140 g/mol. The first-order valence-electron chi connectivity index (χ1n) is 45.2. The van der Waals surface area contributed by atoms with Crippen LogP contribution in [0.15, 0.2) is 177 Å². The van der Waals surface area contributed by atoms with Crippen molar-refractivity contribution in [3.8, 4) is 70.5 Å². The van der Waals surface area contributed by atoms with Crippen LogP contribution in [0.5, 0.6) is 28.7 Å². The first kappa shape index (κ1) is 109. The smallest absolute Gasteiger partial charge is 0.433 e. The summed E-state index contributed by atoms with van der Waals surface area (Å²) in [6.45, 7) is 14.2. The van der Waals surface area contributed by atoms with Crippen LogP contribution in [-0.2, 0) is 84.4 Å². The number of pyridine rings is 1. The van der Waals surface area contributed by atoms with Gasteiger partial charge in [-0.15, -0.1) is 0 Å². The number of aromatic nitrogens is 5. The Balaban J connectivity index is 0.000000161. The fraction of sp³-hybridized carbons (Fsp3) is 0.351. The zero-order chi connectivity index (χ0) is 103. The summed E-state index contributed by atoms with van der Waals surface area (Å²) in [7, 11) is -11.1. The Morgan fingerprint density at radius 3 is 1.00 bits per heavy atom. The molecular weight excluding hydrogens is 2030 g/mol. The number of aryl methyl sites for hydroxylation is 5. The first-order chi connectivity index (χ1) is 68.6. The van der Waals surface area contributed by atoms with Gasteiger partial charge in [-0.2, -0.15) is 13.2 Å². The third kappa shape index (κ3) is 29.5. The molecule has 0 aliphatic carbocycles. The Morgan fingerprint density at radius 2 is 0.701 bits per heavy atom. The van der Waals surface area contributed by atoms with Crippen LogP contribution in [0, 0.1) is 69.9 Å². The minimum Gasteiger partial charge on any atom is -0.508 e. The zero-order valence-corrected chi connectivity index (χ0v) is 86.0. The van der Waals surface area contributed by atoms with Crippen LogP contribution in [0.3, 0.4) is 0 Å². The van der Waals surface area contributed by atoms with Crippen LogP contribution in [0.25, 0.3) is 41.8 Å². The Bertz CT molecular complexity index is 7070. The number of phenols is 1. The van der Waals surface area contributed by atoms with Crippen LogP contribution in [-0.4, -0.2) is 169 Å². The number of aromatic hydroxyl groups is 1. The highest BCUT2D eigenvalue weighted by Crippen LogP contribution is 2.44. The van der Waals surface area contributed by atoms with E-state index in [9.17, 15) is 79.9 Å². The van der Waals surface area contributed by atoms with E-state index in [1.165, 1.54) is 171 Å². The molecule has 0 spiro atoms. The molecule has 0 atom stereocenters. The molecule has 4 saturated heterocycles. The number of hydrogen-bond acceptors (Lipinski definition) is 30. The molecule has 9 N–H and O–H groups in total. The van der Waals surface area contributed by atoms with Crippen molar-refractivity contribution in [2.75, 3.05) is 121 Å². The fourth-order valence-electron chi connectivity index (χ4n) is 15.8. The molecule has 0 bridgehead atoms. The number of para-hydroxylation sites is 1. The molecule has 9 heterocycles. The second-order valence-electron chi connectivity index (χ2n) is 33.8. The van der Waals surface area contributed by atoms with E-state index in [0.717, 1.165) is 79.5 Å². The third-order valence-corrected chi connectivity index (χ3v) is 33.3. The molecular formula is C97H106F5N13O21S8. The molecule has 0 saturated carbocycles. The van der Waals surface area contributed by atoms with E-state index in [1.54, 1.807) is 64.1 Å². The summed E-state index contributed by atoms with van der Waals surface area (Å²) in [6, 6.07) is 35.6. The number of ether oxygens (including phenoxy) is 8. The largest absolute Gasteiger partial charge is 0.508 e. The van der Waals surface area contributed by atoms with E-state index in [-0.39, 0.29) is 94.9 Å². The molecule has 4 amide bonds. The lowest BCUT2D eigenvalue weighted by Crippen LogP contribution is -2.22. The SMILES string of the molecule is COc1ccc(-c2sc(NC(=O)CC3CCOCC3)nc2C)cc1S(=O)(=O)Nc1ccc(C(F)(F)F)nc1.COc1ccc(-c2sc(NC(=O)CC3CCOCC3)nc2C)cc1S(=O)(=O)Nc1ccc(O)cc1C.COc1ccc(-c2sc(NC(=O)CC3CCOCC3)nc2C)cc1S(=O)(=O)Nc1cccc(F)c1.COc1ccc(-c2sc(NC(=O)CC3CCOCC3)nc2C)cc1S(=O)(=O)Nc1ccccc1F.